The highest BCUT2D eigenvalue weighted by Gasteiger charge is 2.30. The molecular weight excluding hydrogens is 447 g/mol. The average molecular weight is 467 g/mol. The minimum atomic E-state index is -4.75. The number of nitrogens with one attached hydrogen (secondary N) is 2. The zero-order valence-corrected chi connectivity index (χ0v) is 18.0. The van der Waals surface area contributed by atoms with Crippen LogP contribution in [0.3, 0.4) is 0 Å². The van der Waals surface area contributed by atoms with Crippen LogP contribution in [0.1, 0.15) is 5.56 Å². The second-order valence-electron chi connectivity index (χ2n) is 7.36. The topological polar surface area (TPSA) is 72.5 Å². The lowest BCUT2D eigenvalue weighted by molar-refractivity contribution is -0.274. The van der Waals surface area contributed by atoms with Crippen LogP contribution in [0.2, 0.25) is 0 Å². The summed E-state index contributed by atoms with van der Waals surface area (Å²) in [5.41, 5.74) is 3.81. The van der Waals surface area contributed by atoms with Crippen molar-refractivity contribution in [3.63, 3.8) is 0 Å². The van der Waals surface area contributed by atoms with Gasteiger partial charge in [-0.1, -0.05) is 30.3 Å². The van der Waals surface area contributed by atoms with E-state index in [4.69, 9.17) is 4.74 Å². The van der Waals surface area contributed by atoms with Gasteiger partial charge in [-0.25, -0.2) is 4.79 Å². The number of hydrogen-bond acceptors (Lipinski definition) is 4. The molecule has 0 saturated heterocycles. The summed E-state index contributed by atoms with van der Waals surface area (Å²) in [7, 11) is 1.62. The first-order valence-electron chi connectivity index (χ1n) is 10.2. The van der Waals surface area contributed by atoms with Crippen LogP contribution in [0, 0.1) is 0 Å². The van der Waals surface area contributed by atoms with E-state index in [0.717, 1.165) is 22.3 Å². The number of amides is 2. The Hall–Kier alpha value is -4.27. The van der Waals surface area contributed by atoms with Gasteiger partial charge in [-0.2, -0.15) is 0 Å². The van der Waals surface area contributed by atoms with E-state index in [2.05, 4.69) is 20.4 Å². The van der Waals surface area contributed by atoms with Crippen LogP contribution in [-0.4, -0.2) is 24.5 Å². The number of carbonyl (C=O) groups excluding carboxylic acids is 1. The lowest BCUT2D eigenvalue weighted by Gasteiger charge is -2.11. The van der Waals surface area contributed by atoms with E-state index in [-0.39, 0.29) is 12.3 Å². The van der Waals surface area contributed by atoms with Gasteiger partial charge in [0.2, 0.25) is 0 Å². The van der Waals surface area contributed by atoms with E-state index in [1.165, 1.54) is 24.3 Å². The molecule has 0 fully saturated rings. The van der Waals surface area contributed by atoms with Gasteiger partial charge in [0.15, 0.2) is 0 Å². The third kappa shape index (κ3) is 5.94. The highest BCUT2D eigenvalue weighted by atomic mass is 19.4. The fourth-order valence-corrected chi connectivity index (χ4v) is 3.33. The number of fused-ring (bicyclic) bond motifs is 1. The van der Waals surface area contributed by atoms with Gasteiger partial charge < -0.3 is 20.1 Å². The Morgan fingerprint density at radius 2 is 1.74 bits per heavy atom. The van der Waals surface area contributed by atoms with Crippen LogP contribution in [0.15, 0.2) is 79.0 Å². The van der Waals surface area contributed by atoms with Gasteiger partial charge in [-0.05, 0) is 53.6 Å². The standard InChI is InChI=1S/C25H20F3N3O3/c1-33-22-4-2-3-17(12-22)19-11-18-7-8-20(13-23(18)29-15-19)31-24(32)30-14-16-5-9-21(10-6-16)34-25(26,27)28/h2-13,15H,14H2,1H3,(H2,30,31,32). The van der Waals surface area contributed by atoms with Crippen molar-refractivity contribution in [2.75, 3.05) is 12.4 Å². The number of anilines is 1. The number of urea groups is 1. The summed E-state index contributed by atoms with van der Waals surface area (Å²) in [4.78, 5) is 16.8. The van der Waals surface area contributed by atoms with Crippen molar-refractivity contribution < 1.29 is 27.4 Å². The molecule has 2 N–H and O–H groups in total. The van der Waals surface area contributed by atoms with E-state index >= 15 is 0 Å². The molecule has 0 bridgehead atoms. The number of aromatic nitrogens is 1. The molecule has 0 saturated carbocycles. The first kappa shape index (κ1) is 22.9. The molecule has 2 amide bonds. The number of nitrogens with zero attached hydrogens (tertiary/aromatic N) is 1. The molecule has 0 aliphatic carbocycles. The van der Waals surface area contributed by atoms with Crippen LogP contribution in [-0.2, 0) is 6.54 Å². The molecular formula is C25H20F3N3O3. The predicted molar refractivity (Wildman–Crippen MR) is 123 cm³/mol. The van der Waals surface area contributed by atoms with Crippen LogP contribution in [0.5, 0.6) is 11.5 Å². The quantitative estimate of drug-likeness (QED) is 0.358. The smallest absolute Gasteiger partial charge is 0.497 e. The van der Waals surface area contributed by atoms with E-state index in [1.807, 2.05) is 36.4 Å². The molecule has 0 aliphatic heterocycles. The number of rotatable bonds is 6. The number of halogens is 3. The van der Waals surface area contributed by atoms with Crippen LogP contribution < -0.4 is 20.1 Å². The summed E-state index contributed by atoms with van der Waals surface area (Å²) in [5, 5.41) is 6.30. The predicted octanol–water partition coefficient (Wildman–Crippen LogP) is 6.13. The molecule has 34 heavy (non-hydrogen) atoms. The zero-order chi connectivity index (χ0) is 24.1. The SMILES string of the molecule is COc1cccc(-c2cnc3cc(NC(=O)NCc4ccc(OC(F)(F)F)cc4)ccc3c2)c1. The van der Waals surface area contributed by atoms with Gasteiger partial charge >= 0.3 is 12.4 Å². The average Bonchev–Trinajstić information content (AvgIpc) is 2.82. The number of benzene rings is 3. The molecule has 6 nitrogen and oxygen atoms in total. The molecule has 0 spiro atoms. The molecule has 0 radical (unpaired) electrons. The number of carbonyl (C=O) groups is 1. The third-order valence-corrected chi connectivity index (χ3v) is 4.96. The third-order valence-electron chi connectivity index (χ3n) is 4.96. The number of hydrogen-bond donors (Lipinski definition) is 2. The molecule has 9 heteroatoms. The minimum absolute atomic E-state index is 0.133. The Morgan fingerprint density at radius 1 is 0.941 bits per heavy atom. The normalized spacial score (nSPS) is 11.2. The van der Waals surface area contributed by atoms with Crippen LogP contribution >= 0.6 is 0 Å². The minimum Gasteiger partial charge on any atom is -0.497 e. The van der Waals surface area contributed by atoms with Gasteiger partial charge in [-0.15, -0.1) is 13.2 Å². The highest BCUT2D eigenvalue weighted by Crippen LogP contribution is 2.27. The van der Waals surface area contributed by atoms with Crippen LogP contribution in [0.4, 0.5) is 23.7 Å². The molecule has 0 aliphatic rings. The second-order valence-corrected chi connectivity index (χ2v) is 7.36. The number of alkyl halides is 3. The van der Waals surface area contributed by atoms with Crippen molar-refractivity contribution in [1.82, 2.24) is 10.3 Å². The maximum absolute atomic E-state index is 12.2. The van der Waals surface area contributed by atoms with Crippen molar-refractivity contribution in [2.45, 2.75) is 12.9 Å². The molecule has 174 valence electrons. The Bertz CT molecular complexity index is 1310. The van der Waals surface area contributed by atoms with Crippen molar-refractivity contribution in [1.29, 1.82) is 0 Å². The molecule has 1 heterocycles. The van der Waals surface area contributed by atoms with E-state index in [9.17, 15) is 18.0 Å². The fraction of sp³-hybridized carbons (Fsp3) is 0.120. The molecule has 1 aromatic heterocycles. The molecule has 4 rings (SSSR count). The summed E-state index contributed by atoms with van der Waals surface area (Å²) in [6, 6.07) is 19.9. The van der Waals surface area contributed by atoms with Crippen molar-refractivity contribution in [3.05, 3.63) is 84.6 Å². The first-order valence-corrected chi connectivity index (χ1v) is 10.2. The Morgan fingerprint density at radius 3 is 2.47 bits per heavy atom. The molecule has 4 aromatic rings. The van der Waals surface area contributed by atoms with Gasteiger partial charge in [0.05, 0.1) is 12.6 Å². The summed E-state index contributed by atoms with van der Waals surface area (Å²) in [6.07, 6.45) is -2.99. The van der Waals surface area contributed by atoms with Gasteiger partial charge in [0.1, 0.15) is 11.5 Å². The van der Waals surface area contributed by atoms with E-state index in [0.29, 0.717) is 16.8 Å². The van der Waals surface area contributed by atoms with E-state index in [1.54, 1.807) is 25.4 Å². The monoisotopic (exact) mass is 467 g/mol. The number of pyridine rings is 1. The molecule has 0 atom stereocenters. The number of methoxy groups -OCH3 is 1. The van der Waals surface area contributed by atoms with Gasteiger partial charge in [-0.3, -0.25) is 4.98 Å². The lowest BCUT2D eigenvalue weighted by atomic mass is 10.0. The van der Waals surface area contributed by atoms with Crippen molar-refractivity contribution in [3.8, 4) is 22.6 Å². The maximum atomic E-state index is 12.2. The van der Waals surface area contributed by atoms with E-state index < -0.39 is 12.4 Å². The first-order chi connectivity index (χ1) is 16.3. The van der Waals surface area contributed by atoms with Crippen molar-refractivity contribution >= 4 is 22.6 Å². The van der Waals surface area contributed by atoms with Crippen LogP contribution in [0.25, 0.3) is 22.0 Å². The molecule has 3 aromatic carbocycles. The lowest BCUT2D eigenvalue weighted by Crippen LogP contribution is -2.28. The zero-order valence-electron chi connectivity index (χ0n) is 18.0. The fourth-order valence-electron chi connectivity index (χ4n) is 3.33. The largest absolute Gasteiger partial charge is 0.573 e. The Labute approximate surface area is 193 Å². The van der Waals surface area contributed by atoms with Gasteiger partial charge in [0.25, 0.3) is 0 Å². The second kappa shape index (κ2) is 9.70. The summed E-state index contributed by atoms with van der Waals surface area (Å²) >= 11 is 0. The number of ether oxygens (including phenoxy) is 2. The summed E-state index contributed by atoms with van der Waals surface area (Å²) in [6.45, 7) is 0.133. The highest BCUT2D eigenvalue weighted by molar-refractivity contribution is 5.93. The maximum Gasteiger partial charge on any atom is 0.573 e. The van der Waals surface area contributed by atoms with Gasteiger partial charge in [0, 0.05) is 29.4 Å². The Kier molecular flexibility index (Phi) is 6.53. The summed E-state index contributed by atoms with van der Waals surface area (Å²) in [5.74, 6) is 0.438. The Balaban J connectivity index is 1.37. The summed E-state index contributed by atoms with van der Waals surface area (Å²) < 4.78 is 45.8. The molecule has 0 unspecified atom stereocenters. The van der Waals surface area contributed by atoms with Crippen molar-refractivity contribution in [2.24, 2.45) is 0 Å².